The molecule has 1 N–H and O–H groups in total. The number of carbonyl (C=O) groups is 2. The summed E-state index contributed by atoms with van der Waals surface area (Å²) in [5.74, 6) is -0.934. The number of benzene rings is 2. The van der Waals surface area contributed by atoms with Gasteiger partial charge in [0, 0.05) is 23.5 Å². The minimum atomic E-state index is -0.742. The van der Waals surface area contributed by atoms with Crippen molar-refractivity contribution in [2.75, 3.05) is 7.11 Å². The lowest BCUT2D eigenvalue weighted by Crippen LogP contribution is -2.29. The van der Waals surface area contributed by atoms with E-state index < -0.39 is 17.7 Å². The van der Waals surface area contributed by atoms with E-state index in [1.165, 1.54) is 4.90 Å². The molecular formula is C26H24N2O4. The lowest BCUT2D eigenvalue weighted by atomic mass is 9.95. The predicted molar refractivity (Wildman–Crippen MR) is 121 cm³/mol. The molecule has 1 saturated heterocycles. The molecule has 0 saturated carbocycles. The molecule has 3 aromatic rings. The van der Waals surface area contributed by atoms with Crippen LogP contribution in [0.15, 0.2) is 78.6 Å². The molecule has 0 spiro atoms. The number of aliphatic hydroxyl groups is 1. The first-order valence-corrected chi connectivity index (χ1v) is 10.4. The SMILES string of the molecule is CCc1ccc(/C(O)=C2\C(=O)C(=O)N(Cc3ccccc3OC)C2c2ccncc2)cc1. The fourth-order valence-corrected chi connectivity index (χ4v) is 4.01. The van der Waals surface area contributed by atoms with Crippen molar-refractivity contribution in [1.29, 1.82) is 0 Å². The number of aliphatic hydroxyl groups excluding tert-OH is 1. The Kier molecular flexibility index (Phi) is 6.03. The zero-order chi connectivity index (χ0) is 22.7. The van der Waals surface area contributed by atoms with E-state index in [0.717, 1.165) is 17.5 Å². The van der Waals surface area contributed by atoms with Crippen molar-refractivity contribution in [2.24, 2.45) is 0 Å². The van der Waals surface area contributed by atoms with Crippen LogP contribution < -0.4 is 4.74 Å². The molecule has 1 aromatic heterocycles. The molecule has 1 aliphatic rings. The van der Waals surface area contributed by atoms with Crippen molar-refractivity contribution in [1.82, 2.24) is 9.88 Å². The molecule has 32 heavy (non-hydrogen) atoms. The number of ketones is 1. The molecule has 1 amide bonds. The van der Waals surface area contributed by atoms with E-state index in [4.69, 9.17) is 4.74 Å². The van der Waals surface area contributed by atoms with Gasteiger partial charge in [-0.1, -0.05) is 49.4 Å². The van der Waals surface area contributed by atoms with Gasteiger partial charge in [0.05, 0.1) is 25.3 Å². The number of para-hydroxylation sites is 1. The summed E-state index contributed by atoms with van der Waals surface area (Å²) in [7, 11) is 1.56. The number of Topliss-reactive ketones (excluding diaryl/α,β-unsaturated/α-hetero) is 1. The van der Waals surface area contributed by atoms with Gasteiger partial charge in [0.25, 0.3) is 11.7 Å². The van der Waals surface area contributed by atoms with E-state index >= 15 is 0 Å². The Morgan fingerprint density at radius 2 is 1.72 bits per heavy atom. The van der Waals surface area contributed by atoms with E-state index in [1.54, 1.807) is 43.8 Å². The van der Waals surface area contributed by atoms with E-state index in [9.17, 15) is 14.7 Å². The van der Waals surface area contributed by atoms with Gasteiger partial charge in [-0.3, -0.25) is 14.6 Å². The van der Waals surface area contributed by atoms with Crippen molar-refractivity contribution in [3.63, 3.8) is 0 Å². The molecule has 1 fully saturated rings. The van der Waals surface area contributed by atoms with Crippen LogP contribution in [0.2, 0.25) is 0 Å². The van der Waals surface area contributed by atoms with Crippen LogP contribution in [-0.2, 0) is 22.6 Å². The number of amides is 1. The number of carbonyl (C=O) groups excluding carboxylic acids is 2. The van der Waals surface area contributed by atoms with Gasteiger partial charge in [0.1, 0.15) is 11.5 Å². The Balaban J connectivity index is 1.84. The third-order valence-electron chi connectivity index (χ3n) is 5.73. The largest absolute Gasteiger partial charge is 0.507 e. The van der Waals surface area contributed by atoms with Crippen LogP contribution in [0.1, 0.15) is 35.2 Å². The Hall–Kier alpha value is -3.93. The third kappa shape index (κ3) is 3.87. The molecule has 0 bridgehead atoms. The molecule has 6 nitrogen and oxygen atoms in total. The highest BCUT2D eigenvalue weighted by Crippen LogP contribution is 2.40. The second kappa shape index (κ2) is 9.06. The van der Waals surface area contributed by atoms with E-state index in [-0.39, 0.29) is 17.9 Å². The summed E-state index contributed by atoms with van der Waals surface area (Å²) >= 11 is 0. The molecule has 1 unspecified atom stereocenters. The van der Waals surface area contributed by atoms with Crippen molar-refractivity contribution in [3.05, 3.63) is 101 Å². The molecule has 4 rings (SSSR count). The van der Waals surface area contributed by atoms with Gasteiger partial charge >= 0.3 is 0 Å². The second-order valence-corrected chi connectivity index (χ2v) is 7.57. The quantitative estimate of drug-likeness (QED) is 0.360. The van der Waals surface area contributed by atoms with Gasteiger partial charge in [-0.25, -0.2) is 0 Å². The number of rotatable bonds is 6. The lowest BCUT2D eigenvalue weighted by Gasteiger charge is -2.26. The Morgan fingerprint density at radius 1 is 1.03 bits per heavy atom. The van der Waals surface area contributed by atoms with Crippen molar-refractivity contribution < 1.29 is 19.4 Å². The summed E-state index contributed by atoms with van der Waals surface area (Å²) < 4.78 is 5.43. The molecule has 6 heteroatoms. The van der Waals surface area contributed by atoms with Gasteiger partial charge in [0.15, 0.2) is 0 Å². The van der Waals surface area contributed by atoms with Gasteiger partial charge in [-0.05, 0) is 35.7 Å². The molecule has 0 radical (unpaired) electrons. The number of methoxy groups -OCH3 is 1. The smallest absolute Gasteiger partial charge is 0.295 e. The zero-order valence-corrected chi connectivity index (χ0v) is 18.0. The summed E-state index contributed by atoms with van der Waals surface area (Å²) in [5, 5.41) is 11.1. The lowest BCUT2D eigenvalue weighted by molar-refractivity contribution is -0.140. The number of aromatic nitrogens is 1. The van der Waals surface area contributed by atoms with Crippen LogP contribution in [0.25, 0.3) is 5.76 Å². The number of ether oxygens (including phenoxy) is 1. The molecular weight excluding hydrogens is 404 g/mol. The monoisotopic (exact) mass is 428 g/mol. The first kappa shape index (κ1) is 21.3. The summed E-state index contributed by atoms with van der Waals surface area (Å²) in [6.07, 6.45) is 4.07. The number of pyridine rings is 1. The molecule has 0 aliphatic carbocycles. The molecule has 162 valence electrons. The number of likely N-dealkylation sites (tertiary alicyclic amines) is 1. The maximum Gasteiger partial charge on any atom is 0.295 e. The summed E-state index contributed by atoms with van der Waals surface area (Å²) in [6.45, 7) is 2.20. The van der Waals surface area contributed by atoms with Crippen LogP contribution in [0.5, 0.6) is 5.75 Å². The highest BCUT2D eigenvalue weighted by Gasteiger charge is 2.46. The molecule has 1 aliphatic heterocycles. The fraction of sp³-hybridized carbons (Fsp3) is 0.192. The van der Waals surface area contributed by atoms with Crippen LogP contribution in [-0.4, -0.2) is 33.8 Å². The molecule has 1 atom stereocenters. The topological polar surface area (TPSA) is 79.7 Å². The maximum atomic E-state index is 13.1. The zero-order valence-electron chi connectivity index (χ0n) is 18.0. The Morgan fingerprint density at radius 3 is 2.38 bits per heavy atom. The van der Waals surface area contributed by atoms with Gasteiger partial charge < -0.3 is 14.7 Å². The maximum absolute atomic E-state index is 13.1. The number of hydrogen-bond donors (Lipinski definition) is 1. The first-order chi connectivity index (χ1) is 15.5. The van der Waals surface area contributed by atoms with Crippen LogP contribution >= 0.6 is 0 Å². The summed E-state index contributed by atoms with van der Waals surface area (Å²) in [6, 6.07) is 17.5. The summed E-state index contributed by atoms with van der Waals surface area (Å²) in [5.41, 5.74) is 3.14. The van der Waals surface area contributed by atoms with Gasteiger partial charge in [-0.15, -0.1) is 0 Å². The first-order valence-electron chi connectivity index (χ1n) is 10.4. The fourth-order valence-electron chi connectivity index (χ4n) is 4.01. The molecule has 2 heterocycles. The van der Waals surface area contributed by atoms with Gasteiger partial charge in [-0.2, -0.15) is 0 Å². The van der Waals surface area contributed by atoms with E-state index in [0.29, 0.717) is 16.9 Å². The van der Waals surface area contributed by atoms with E-state index in [1.807, 2.05) is 43.3 Å². The standard InChI is InChI=1S/C26H24N2O4/c1-3-17-8-10-19(11-9-17)24(29)22-23(18-12-14-27-15-13-18)28(26(31)25(22)30)16-20-6-4-5-7-21(20)32-2/h4-15,23,29H,3,16H2,1-2H3/b24-22+. The van der Waals surface area contributed by atoms with Crippen LogP contribution in [0.3, 0.4) is 0 Å². The minimum absolute atomic E-state index is 0.0698. The third-order valence-corrected chi connectivity index (χ3v) is 5.73. The highest BCUT2D eigenvalue weighted by molar-refractivity contribution is 6.46. The minimum Gasteiger partial charge on any atom is -0.507 e. The number of aryl methyl sites for hydroxylation is 1. The average Bonchev–Trinajstić information content (AvgIpc) is 3.09. The Bertz CT molecular complexity index is 1170. The highest BCUT2D eigenvalue weighted by atomic mass is 16.5. The molecule has 2 aromatic carbocycles. The predicted octanol–water partition coefficient (Wildman–Crippen LogP) is 4.27. The number of nitrogens with zero attached hydrogens (tertiary/aromatic N) is 2. The normalized spacial score (nSPS) is 17.6. The van der Waals surface area contributed by atoms with E-state index in [2.05, 4.69) is 4.98 Å². The second-order valence-electron chi connectivity index (χ2n) is 7.57. The van der Waals surface area contributed by atoms with Gasteiger partial charge in [0.2, 0.25) is 0 Å². The average molecular weight is 428 g/mol. The number of hydrogen-bond acceptors (Lipinski definition) is 5. The Labute approximate surface area is 186 Å². The van der Waals surface area contributed by atoms with Crippen molar-refractivity contribution in [2.45, 2.75) is 25.9 Å². The van der Waals surface area contributed by atoms with Crippen molar-refractivity contribution >= 4 is 17.4 Å². The summed E-state index contributed by atoms with van der Waals surface area (Å²) in [4.78, 5) is 31.8. The van der Waals surface area contributed by atoms with Crippen LogP contribution in [0.4, 0.5) is 0 Å². The van der Waals surface area contributed by atoms with Crippen LogP contribution in [0, 0.1) is 0 Å². The van der Waals surface area contributed by atoms with Crippen molar-refractivity contribution in [3.8, 4) is 5.75 Å².